The molecule has 4 heteroatoms. The van der Waals surface area contributed by atoms with E-state index in [9.17, 15) is 9.18 Å². The minimum absolute atomic E-state index is 0.0643. The maximum absolute atomic E-state index is 13.8. The predicted molar refractivity (Wildman–Crippen MR) is 58.8 cm³/mol. The Morgan fingerprint density at radius 2 is 2.12 bits per heavy atom. The van der Waals surface area contributed by atoms with Gasteiger partial charge >= 0.3 is 5.97 Å². The summed E-state index contributed by atoms with van der Waals surface area (Å²) in [6.45, 7) is 0. The number of nitrogens with one attached hydrogen (secondary N) is 1. The molecular weight excluding hydrogens is 209 g/mol. The van der Waals surface area contributed by atoms with Gasteiger partial charge in [0.25, 0.3) is 0 Å². The molecule has 0 saturated carbocycles. The van der Waals surface area contributed by atoms with E-state index in [1.165, 1.54) is 0 Å². The van der Waals surface area contributed by atoms with E-state index in [4.69, 9.17) is 5.11 Å². The second-order valence-corrected chi connectivity index (χ2v) is 3.71. The molecule has 2 aromatic rings. The number of para-hydroxylation sites is 1. The Bertz CT molecular complexity index is 519. The van der Waals surface area contributed by atoms with Gasteiger partial charge in [-0.15, -0.1) is 0 Å². The number of halogens is 1. The fourth-order valence-electron chi connectivity index (χ4n) is 1.75. The van der Waals surface area contributed by atoms with E-state index in [0.29, 0.717) is 23.9 Å². The third-order valence-electron chi connectivity index (χ3n) is 2.53. The van der Waals surface area contributed by atoms with Crippen molar-refractivity contribution in [1.82, 2.24) is 4.98 Å². The van der Waals surface area contributed by atoms with Crippen LogP contribution in [0, 0.1) is 5.82 Å². The first-order valence-corrected chi connectivity index (χ1v) is 5.15. The zero-order chi connectivity index (χ0) is 11.5. The highest BCUT2D eigenvalue weighted by Crippen LogP contribution is 2.21. The number of fused-ring (bicyclic) bond motifs is 1. The van der Waals surface area contributed by atoms with Crippen molar-refractivity contribution in [3.05, 3.63) is 35.8 Å². The highest BCUT2D eigenvalue weighted by atomic mass is 19.1. The molecule has 1 aromatic carbocycles. The number of benzene rings is 1. The fourth-order valence-corrected chi connectivity index (χ4v) is 1.75. The summed E-state index contributed by atoms with van der Waals surface area (Å²) in [5.41, 5.74) is 1.24. The van der Waals surface area contributed by atoms with Gasteiger partial charge in [-0.25, -0.2) is 4.39 Å². The van der Waals surface area contributed by atoms with E-state index in [-0.39, 0.29) is 12.2 Å². The lowest BCUT2D eigenvalue weighted by Gasteiger charge is -1.95. The number of H-pyrrole nitrogens is 1. The van der Waals surface area contributed by atoms with Crippen molar-refractivity contribution < 1.29 is 14.3 Å². The van der Waals surface area contributed by atoms with Crippen molar-refractivity contribution in [3.8, 4) is 0 Å². The van der Waals surface area contributed by atoms with Gasteiger partial charge in [-0.2, -0.15) is 0 Å². The first-order chi connectivity index (χ1) is 7.68. The minimum Gasteiger partial charge on any atom is -0.481 e. The van der Waals surface area contributed by atoms with Gasteiger partial charge in [-0.1, -0.05) is 12.1 Å². The van der Waals surface area contributed by atoms with Crippen molar-refractivity contribution in [2.45, 2.75) is 19.3 Å². The summed E-state index contributed by atoms with van der Waals surface area (Å²) < 4.78 is 13.8. The van der Waals surface area contributed by atoms with E-state index >= 15 is 0 Å². The smallest absolute Gasteiger partial charge is 0.303 e. The molecule has 0 aliphatic carbocycles. The molecule has 0 unspecified atom stereocenters. The lowest BCUT2D eigenvalue weighted by atomic mass is 10.2. The largest absolute Gasteiger partial charge is 0.481 e. The normalized spacial score (nSPS) is 10.8. The predicted octanol–water partition coefficient (Wildman–Crippen LogP) is 2.71. The maximum Gasteiger partial charge on any atom is 0.303 e. The Kier molecular flexibility index (Phi) is 2.90. The lowest BCUT2D eigenvalue weighted by Crippen LogP contribution is -1.97. The summed E-state index contributed by atoms with van der Waals surface area (Å²) in [6.07, 6.45) is 0.931. The van der Waals surface area contributed by atoms with Crippen LogP contribution in [0.3, 0.4) is 0 Å². The van der Waals surface area contributed by atoms with Crippen molar-refractivity contribution >= 4 is 16.9 Å². The Morgan fingerprint density at radius 3 is 2.81 bits per heavy atom. The molecule has 2 N–H and O–H groups in total. The van der Waals surface area contributed by atoms with Gasteiger partial charge in [0.2, 0.25) is 0 Å². The van der Waals surface area contributed by atoms with Crippen molar-refractivity contribution in [1.29, 1.82) is 0 Å². The molecule has 0 atom stereocenters. The number of rotatable bonds is 4. The Balaban J connectivity index is 2.18. The van der Waals surface area contributed by atoms with Crippen LogP contribution in [-0.2, 0) is 11.2 Å². The molecule has 0 aliphatic rings. The monoisotopic (exact) mass is 221 g/mol. The van der Waals surface area contributed by atoms with Gasteiger partial charge in [0.1, 0.15) is 0 Å². The molecule has 16 heavy (non-hydrogen) atoms. The summed E-state index contributed by atoms with van der Waals surface area (Å²) >= 11 is 0. The Labute approximate surface area is 91.9 Å². The SMILES string of the molecule is O=C(O)CCCc1[nH]c2ccccc2c1F. The number of hydrogen-bond donors (Lipinski definition) is 2. The molecule has 0 bridgehead atoms. The average molecular weight is 221 g/mol. The van der Waals surface area contributed by atoms with E-state index in [1.807, 2.05) is 6.07 Å². The standard InChI is InChI=1S/C12H12FNO2/c13-12-8-4-1-2-5-9(8)14-10(12)6-3-7-11(15)16/h1-2,4-5,14H,3,6-7H2,(H,15,16). The number of carboxylic acid groups (broad SMARTS) is 1. The molecule has 0 amide bonds. The van der Waals surface area contributed by atoms with E-state index in [0.717, 1.165) is 5.52 Å². The Hall–Kier alpha value is -1.84. The summed E-state index contributed by atoms with van der Waals surface area (Å²) in [7, 11) is 0. The number of hydrogen-bond acceptors (Lipinski definition) is 1. The Morgan fingerprint density at radius 1 is 1.38 bits per heavy atom. The summed E-state index contributed by atoms with van der Waals surface area (Å²) in [6, 6.07) is 7.13. The average Bonchev–Trinajstić information content (AvgIpc) is 2.56. The van der Waals surface area contributed by atoms with Gasteiger partial charge < -0.3 is 10.1 Å². The maximum atomic E-state index is 13.8. The second kappa shape index (κ2) is 4.35. The molecule has 1 heterocycles. The lowest BCUT2D eigenvalue weighted by molar-refractivity contribution is -0.137. The van der Waals surface area contributed by atoms with Crippen LogP contribution in [0.1, 0.15) is 18.5 Å². The van der Waals surface area contributed by atoms with Crippen LogP contribution < -0.4 is 0 Å². The van der Waals surface area contributed by atoms with Crippen molar-refractivity contribution in [3.63, 3.8) is 0 Å². The van der Waals surface area contributed by atoms with Crippen LogP contribution in [-0.4, -0.2) is 16.1 Å². The summed E-state index contributed by atoms with van der Waals surface area (Å²) in [4.78, 5) is 13.3. The van der Waals surface area contributed by atoms with Crippen LogP contribution in [0.2, 0.25) is 0 Å². The summed E-state index contributed by atoms with van der Waals surface area (Å²) in [5, 5.41) is 9.06. The van der Waals surface area contributed by atoms with Crippen molar-refractivity contribution in [2.75, 3.05) is 0 Å². The van der Waals surface area contributed by atoms with Crippen LogP contribution in [0.25, 0.3) is 10.9 Å². The number of carbonyl (C=O) groups is 1. The fraction of sp³-hybridized carbons (Fsp3) is 0.250. The number of aromatic amines is 1. The molecule has 0 spiro atoms. The number of aliphatic carboxylic acids is 1. The van der Waals surface area contributed by atoms with E-state index in [1.54, 1.807) is 18.2 Å². The molecule has 2 rings (SSSR count). The zero-order valence-electron chi connectivity index (χ0n) is 8.66. The van der Waals surface area contributed by atoms with Crippen molar-refractivity contribution in [2.24, 2.45) is 0 Å². The van der Waals surface area contributed by atoms with Crippen LogP contribution >= 0.6 is 0 Å². The highest BCUT2D eigenvalue weighted by molar-refractivity contribution is 5.81. The third kappa shape index (κ3) is 2.05. The van der Waals surface area contributed by atoms with Crippen LogP contribution in [0.5, 0.6) is 0 Å². The molecule has 0 radical (unpaired) electrons. The van der Waals surface area contributed by atoms with Gasteiger partial charge in [-0.05, 0) is 25.0 Å². The van der Waals surface area contributed by atoms with Gasteiger partial charge in [-0.3, -0.25) is 4.79 Å². The molecule has 1 aromatic heterocycles. The first-order valence-electron chi connectivity index (χ1n) is 5.15. The molecule has 3 nitrogen and oxygen atoms in total. The van der Waals surface area contributed by atoms with Gasteiger partial charge in [0, 0.05) is 17.3 Å². The van der Waals surface area contributed by atoms with Crippen LogP contribution in [0.15, 0.2) is 24.3 Å². The third-order valence-corrected chi connectivity index (χ3v) is 2.53. The molecule has 0 fully saturated rings. The topological polar surface area (TPSA) is 53.1 Å². The number of carboxylic acids is 1. The van der Waals surface area contributed by atoms with E-state index in [2.05, 4.69) is 4.98 Å². The molecular formula is C12H12FNO2. The molecule has 84 valence electrons. The first kappa shape index (κ1) is 10.7. The van der Waals surface area contributed by atoms with Gasteiger partial charge in [0.05, 0.1) is 5.69 Å². The zero-order valence-corrected chi connectivity index (χ0v) is 8.66. The second-order valence-electron chi connectivity index (χ2n) is 3.71. The molecule has 0 saturated heterocycles. The van der Waals surface area contributed by atoms with Gasteiger partial charge in [0.15, 0.2) is 5.82 Å². The van der Waals surface area contributed by atoms with E-state index < -0.39 is 5.97 Å². The highest BCUT2D eigenvalue weighted by Gasteiger charge is 2.10. The summed E-state index contributed by atoms with van der Waals surface area (Å²) in [5.74, 6) is -1.11. The van der Waals surface area contributed by atoms with Crippen LogP contribution in [0.4, 0.5) is 4.39 Å². The number of aromatic nitrogens is 1. The quantitative estimate of drug-likeness (QED) is 0.834. The molecule has 0 aliphatic heterocycles. The minimum atomic E-state index is -0.850. The number of aryl methyl sites for hydroxylation is 1.